The van der Waals surface area contributed by atoms with Gasteiger partial charge in [0.05, 0.1) is 23.3 Å². The molecule has 0 spiro atoms. The molecule has 0 saturated carbocycles. The van der Waals surface area contributed by atoms with Crippen molar-refractivity contribution in [3.8, 4) is 17.1 Å². The second-order valence-corrected chi connectivity index (χ2v) is 10.9. The molecule has 0 bridgehead atoms. The smallest absolute Gasteiger partial charge is 0.259 e. The van der Waals surface area contributed by atoms with Gasteiger partial charge >= 0.3 is 0 Å². The molecule has 33 heavy (non-hydrogen) atoms. The van der Waals surface area contributed by atoms with Gasteiger partial charge < -0.3 is 14.3 Å². The standard InChI is InChI=1S/C24H27N5O2S2/c1-5-29-21(15-8-6-7-9-17(15)31-4)27-28-24(29)32-14(3)20-25-22(30)19-16-11-10-13(2)12-18(16)33-23(19)26-20/h6-9,13-14H,5,10-12H2,1-4H3,(H,25,26,30). The Morgan fingerprint density at radius 1 is 1.33 bits per heavy atom. The largest absolute Gasteiger partial charge is 0.496 e. The predicted octanol–water partition coefficient (Wildman–Crippen LogP) is 5.25. The molecule has 0 aliphatic heterocycles. The molecule has 9 heteroatoms. The van der Waals surface area contributed by atoms with Gasteiger partial charge in [0.2, 0.25) is 0 Å². The number of thiophene rings is 1. The lowest BCUT2D eigenvalue weighted by atomic mass is 9.89. The maximum Gasteiger partial charge on any atom is 0.259 e. The van der Waals surface area contributed by atoms with Gasteiger partial charge in [-0.2, -0.15) is 0 Å². The van der Waals surface area contributed by atoms with Crippen molar-refractivity contribution in [3.63, 3.8) is 0 Å². The third kappa shape index (κ3) is 3.97. The summed E-state index contributed by atoms with van der Waals surface area (Å²) in [5, 5.41) is 10.4. The number of thioether (sulfide) groups is 1. The fourth-order valence-electron chi connectivity index (χ4n) is 4.46. The number of aromatic nitrogens is 5. The molecule has 7 nitrogen and oxygen atoms in total. The Labute approximate surface area is 200 Å². The Hall–Kier alpha value is -2.65. The summed E-state index contributed by atoms with van der Waals surface area (Å²) in [6.07, 6.45) is 3.14. The molecule has 0 fully saturated rings. The van der Waals surface area contributed by atoms with Crippen LogP contribution in [0.1, 0.15) is 48.7 Å². The monoisotopic (exact) mass is 481 g/mol. The van der Waals surface area contributed by atoms with Gasteiger partial charge in [-0.15, -0.1) is 21.5 Å². The van der Waals surface area contributed by atoms with Crippen LogP contribution in [0.5, 0.6) is 5.75 Å². The highest BCUT2D eigenvalue weighted by molar-refractivity contribution is 7.99. The van der Waals surface area contributed by atoms with E-state index < -0.39 is 0 Å². The van der Waals surface area contributed by atoms with Crippen LogP contribution < -0.4 is 10.3 Å². The Morgan fingerprint density at radius 2 is 2.15 bits per heavy atom. The number of nitrogens with zero attached hydrogens (tertiary/aromatic N) is 4. The van der Waals surface area contributed by atoms with Crippen LogP contribution >= 0.6 is 23.1 Å². The van der Waals surface area contributed by atoms with Crippen LogP contribution in [0.25, 0.3) is 21.6 Å². The lowest BCUT2D eigenvalue weighted by Gasteiger charge is -2.17. The van der Waals surface area contributed by atoms with E-state index in [0.29, 0.717) is 18.3 Å². The van der Waals surface area contributed by atoms with E-state index >= 15 is 0 Å². The molecule has 1 N–H and O–H groups in total. The number of methoxy groups -OCH3 is 1. The molecule has 3 heterocycles. The normalized spacial score (nSPS) is 16.7. The first kappa shape index (κ1) is 22.2. The van der Waals surface area contributed by atoms with Gasteiger partial charge in [0, 0.05) is 11.4 Å². The predicted molar refractivity (Wildman–Crippen MR) is 133 cm³/mol. The minimum absolute atomic E-state index is 0.0267. The van der Waals surface area contributed by atoms with Crippen molar-refractivity contribution in [1.29, 1.82) is 0 Å². The average Bonchev–Trinajstić information content (AvgIpc) is 3.39. The second-order valence-electron chi connectivity index (χ2n) is 8.49. The number of fused-ring (bicyclic) bond motifs is 3. The zero-order valence-corrected chi connectivity index (χ0v) is 20.8. The number of aromatic amines is 1. The third-order valence-corrected chi connectivity index (χ3v) is 8.47. The number of rotatable bonds is 6. The van der Waals surface area contributed by atoms with Crippen LogP contribution in [-0.2, 0) is 19.4 Å². The number of hydrogen-bond acceptors (Lipinski definition) is 7. The number of H-pyrrole nitrogens is 1. The molecule has 0 saturated heterocycles. The van der Waals surface area contributed by atoms with Crippen LogP contribution in [-0.4, -0.2) is 31.8 Å². The summed E-state index contributed by atoms with van der Waals surface area (Å²) in [5.41, 5.74) is 2.09. The van der Waals surface area contributed by atoms with E-state index in [1.165, 1.54) is 10.4 Å². The molecule has 1 aromatic carbocycles. The summed E-state index contributed by atoms with van der Waals surface area (Å²) in [7, 11) is 1.66. The molecule has 5 rings (SSSR count). The minimum atomic E-state index is -0.0832. The topological polar surface area (TPSA) is 85.7 Å². The third-order valence-electron chi connectivity index (χ3n) is 6.23. The maximum absolute atomic E-state index is 13.0. The average molecular weight is 482 g/mol. The molecule has 1 aliphatic rings. The maximum atomic E-state index is 13.0. The fraction of sp³-hybridized carbons (Fsp3) is 0.417. The summed E-state index contributed by atoms with van der Waals surface area (Å²) < 4.78 is 7.59. The Bertz CT molecular complexity index is 1370. The van der Waals surface area contributed by atoms with Crippen LogP contribution in [0.3, 0.4) is 0 Å². The number of para-hydroxylation sites is 1. The number of hydrogen-bond donors (Lipinski definition) is 1. The van der Waals surface area contributed by atoms with E-state index in [-0.39, 0.29) is 10.8 Å². The Kier molecular flexibility index (Phi) is 6.01. The Morgan fingerprint density at radius 3 is 2.94 bits per heavy atom. The summed E-state index contributed by atoms with van der Waals surface area (Å²) in [4.78, 5) is 23.1. The molecule has 1 aliphatic carbocycles. The van der Waals surface area contributed by atoms with Crippen molar-refractivity contribution in [2.24, 2.45) is 5.92 Å². The van der Waals surface area contributed by atoms with Gasteiger partial charge in [-0.1, -0.05) is 30.8 Å². The molecule has 2 unspecified atom stereocenters. The number of aryl methyl sites for hydroxylation is 1. The highest BCUT2D eigenvalue weighted by Crippen LogP contribution is 2.38. The van der Waals surface area contributed by atoms with Gasteiger partial charge in [-0.3, -0.25) is 4.79 Å². The van der Waals surface area contributed by atoms with Gasteiger partial charge in [-0.05, 0) is 56.7 Å². The van der Waals surface area contributed by atoms with E-state index in [0.717, 1.165) is 51.8 Å². The lowest BCUT2D eigenvalue weighted by Crippen LogP contribution is -2.15. The van der Waals surface area contributed by atoms with Crippen molar-refractivity contribution in [2.75, 3.05) is 7.11 Å². The van der Waals surface area contributed by atoms with Crippen molar-refractivity contribution >= 4 is 33.3 Å². The summed E-state index contributed by atoms with van der Waals surface area (Å²) in [6.45, 7) is 7.11. The first-order chi connectivity index (χ1) is 16.0. The van der Waals surface area contributed by atoms with Gasteiger partial charge in [-0.25, -0.2) is 4.98 Å². The van der Waals surface area contributed by atoms with E-state index in [9.17, 15) is 4.79 Å². The van der Waals surface area contributed by atoms with Gasteiger partial charge in [0.15, 0.2) is 11.0 Å². The van der Waals surface area contributed by atoms with Crippen LogP contribution in [0.15, 0.2) is 34.2 Å². The van der Waals surface area contributed by atoms with E-state index in [4.69, 9.17) is 9.72 Å². The van der Waals surface area contributed by atoms with Crippen molar-refractivity contribution in [1.82, 2.24) is 24.7 Å². The summed E-state index contributed by atoms with van der Waals surface area (Å²) in [5.74, 6) is 2.86. The van der Waals surface area contributed by atoms with Crippen LogP contribution in [0.4, 0.5) is 0 Å². The molecule has 0 radical (unpaired) electrons. The van der Waals surface area contributed by atoms with Crippen LogP contribution in [0.2, 0.25) is 0 Å². The minimum Gasteiger partial charge on any atom is -0.496 e. The van der Waals surface area contributed by atoms with Crippen molar-refractivity contribution in [3.05, 3.63) is 50.9 Å². The molecule has 3 aromatic heterocycles. The Balaban J connectivity index is 1.47. The summed E-state index contributed by atoms with van der Waals surface area (Å²) in [6, 6.07) is 7.81. The first-order valence-corrected chi connectivity index (χ1v) is 13.0. The zero-order chi connectivity index (χ0) is 23.1. The van der Waals surface area contributed by atoms with E-state index in [1.54, 1.807) is 30.2 Å². The lowest BCUT2D eigenvalue weighted by molar-refractivity contribution is 0.416. The molecule has 172 valence electrons. The van der Waals surface area contributed by atoms with Crippen LogP contribution in [0, 0.1) is 5.92 Å². The number of nitrogens with one attached hydrogen (secondary N) is 1. The molecule has 0 amide bonds. The van der Waals surface area contributed by atoms with Crippen molar-refractivity contribution < 1.29 is 4.74 Å². The SMILES string of the molecule is CCn1c(SC(C)c2nc3sc4c(c3c(=O)[nH]2)CCC(C)C4)nnc1-c1ccccc1OC. The van der Waals surface area contributed by atoms with E-state index in [2.05, 4.69) is 33.6 Å². The zero-order valence-electron chi connectivity index (χ0n) is 19.2. The molecular formula is C24H27N5O2S2. The molecular weight excluding hydrogens is 454 g/mol. The second kappa shape index (κ2) is 8.95. The van der Waals surface area contributed by atoms with E-state index in [1.807, 2.05) is 31.2 Å². The number of benzene rings is 1. The highest BCUT2D eigenvalue weighted by Gasteiger charge is 2.25. The summed E-state index contributed by atoms with van der Waals surface area (Å²) >= 11 is 3.23. The van der Waals surface area contributed by atoms with Crippen molar-refractivity contribution in [2.45, 2.75) is 57.0 Å². The van der Waals surface area contributed by atoms with Gasteiger partial charge in [0.25, 0.3) is 5.56 Å². The fourth-order valence-corrected chi connectivity index (χ4v) is 6.82. The van der Waals surface area contributed by atoms with Gasteiger partial charge in [0.1, 0.15) is 16.4 Å². The highest BCUT2D eigenvalue weighted by atomic mass is 32.2. The molecule has 4 aromatic rings. The quantitative estimate of drug-likeness (QED) is 0.379. The first-order valence-electron chi connectivity index (χ1n) is 11.3. The molecule has 2 atom stereocenters. The number of ether oxygens (including phenoxy) is 1.